The van der Waals surface area contributed by atoms with Gasteiger partial charge in [-0.1, -0.05) is 57.3 Å². The summed E-state index contributed by atoms with van der Waals surface area (Å²) >= 11 is 0. The molecular formula is C15H24O2. The van der Waals surface area contributed by atoms with Crippen LogP contribution in [0.1, 0.15) is 70.6 Å². The van der Waals surface area contributed by atoms with Crippen LogP contribution in [0.4, 0.5) is 0 Å². The van der Waals surface area contributed by atoms with Crippen molar-refractivity contribution < 1.29 is 9.53 Å². The van der Waals surface area contributed by atoms with E-state index in [4.69, 9.17) is 4.74 Å². The van der Waals surface area contributed by atoms with Crippen LogP contribution in [-0.2, 0) is 9.53 Å². The van der Waals surface area contributed by atoms with E-state index in [1.807, 2.05) is 0 Å². The SMILES string of the molecule is O=C1C#CCCCCCCCCCCCCO1. The van der Waals surface area contributed by atoms with Crippen LogP contribution in [0.5, 0.6) is 0 Å². The van der Waals surface area contributed by atoms with E-state index in [0.29, 0.717) is 6.61 Å². The van der Waals surface area contributed by atoms with E-state index < -0.39 is 0 Å². The maximum atomic E-state index is 11.2. The molecule has 0 bridgehead atoms. The molecule has 1 aliphatic rings. The Hall–Kier alpha value is -0.970. The number of rotatable bonds is 0. The summed E-state index contributed by atoms with van der Waals surface area (Å²) in [6, 6.07) is 0. The Kier molecular flexibility index (Phi) is 8.46. The largest absolute Gasteiger partial charge is 0.456 e. The molecule has 17 heavy (non-hydrogen) atoms. The Morgan fingerprint density at radius 3 is 1.94 bits per heavy atom. The first-order chi connectivity index (χ1) is 8.39. The van der Waals surface area contributed by atoms with Crippen molar-refractivity contribution in [1.82, 2.24) is 0 Å². The van der Waals surface area contributed by atoms with Gasteiger partial charge in [0.25, 0.3) is 0 Å². The van der Waals surface area contributed by atoms with E-state index >= 15 is 0 Å². The van der Waals surface area contributed by atoms with Gasteiger partial charge in [-0.3, -0.25) is 0 Å². The van der Waals surface area contributed by atoms with Gasteiger partial charge < -0.3 is 4.74 Å². The number of carbonyl (C=O) groups excluding carboxylic acids is 1. The van der Waals surface area contributed by atoms with Crippen LogP contribution >= 0.6 is 0 Å². The molecule has 0 aromatic carbocycles. The highest BCUT2D eigenvalue weighted by molar-refractivity contribution is 5.88. The maximum absolute atomic E-state index is 11.2. The van der Waals surface area contributed by atoms with Gasteiger partial charge in [-0.15, -0.1) is 0 Å². The lowest BCUT2D eigenvalue weighted by molar-refractivity contribution is -0.136. The van der Waals surface area contributed by atoms with Crippen LogP contribution in [0.3, 0.4) is 0 Å². The number of hydrogen-bond donors (Lipinski definition) is 0. The van der Waals surface area contributed by atoms with E-state index in [1.165, 1.54) is 51.4 Å². The molecule has 0 fully saturated rings. The highest BCUT2D eigenvalue weighted by Crippen LogP contribution is 2.11. The van der Waals surface area contributed by atoms with Gasteiger partial charge >= 0.3 is 5.97 Å². The fraction of sp³-hybridized carbons (Fsp3) is 0.800. The van der Waals surface area contributed by atoms with Crippen LogP contribution in [-0.4, -0.2) is 12.6 Å². The summed E-state index contributed by atoms with van der Waals surface area (Å²) in [7, 11) is 0. The first-order valence-corrected chi connectivity index (χ1v) is 7.05. The molecule has 0 aromatic heterocycles. The van der Waals surface area contributed by atoms with Gasteiger partial charge in [-0.2, -0.15) is 0 Å². The second kappa shape index (κ2) is 10.2. The first kappa shape index (κ1) is 14.1. The van der Waals surface area contributed by atoms with Crippen molar-refractivity contribution in [3.8, 4) is 11.8 Å². The summed E-state index contributed by atoms with van der Waals surface area (Å²) < 4.78 is 5.03. The lowest BCUT2D eigenvalue weighted by Crippen LogP contribution is -2.02. The van der Waals surface area contributed by atoms with Gasteiger partial charge in [0.2, 0.25) is 0 Å². The molecule has 0 N–H and O–H groups in total. The summed E-state index contributed by atoms with van der Waals surface area (Å²) in [5.74, 6) is 5.10. The highest BCUT2D eigenvalue weighted by Gasteiger charge is 1.98. The third-order valence-corrected chi connectivity index (χ3v) is 3.12. The van der Waals surface area contributed by atoms with E-state index in [2.05, 4.69) is 11.8 Å². The fourth-order valence-electron chi connectivity index (χ4n) is 2.07. The molecule has 2 heteroatoms. The Bertz CT molecular complexity index is 260. The number of cyclic esters (lactones) is 1. The second-order valence-electron chi connectivity index (χ2n) is 4.72. The average Bonchev–Trinajstić information content (AvgIpc) is 2.32. The Morgan fingerprint density at radius 2 is 1.29 bits per heavy atom. The Labute approximate surface area is 105 Å². The molecule has 1 rings (SSSR count). The van der Waals surface area contributed by atoms with Crippen molar-refractivity contribution in [2.45, 2.75) is 70.6 Å². The lowest BCUT2D eigenvalue weighted by atomic mass is 10.1. The van der Waals surface area contributed by atoms with Crippen molar-refractivity contribution in [3.63, 3.8) is 0 Å². The molecule has 0 atom stereocenters. The molecule has 2 nitrogen and oxygen atoms in total. The quantitative estimate of drug-likeness (QED) is 0.363. The number of ether oxygens (including phenoxy) is 1. The van der Waals surface area contributed by atoms with Crippen LogP contribution < -0.4 is 0 Å². The predicted octanol–water partition coefficient (Wildman–Crippen LogP) is 3.84. The van der Waals surface area contributed by atoms with Gasteiger partial charge in [-0.25, -0.2) is 4.79 Å². The van der Waals surface area contributed by atoms with Gasteiger partial charge in [0.1, 0.15) is 0 Å². The molecule has 0 radical (unpaired) electrons. The molecule has 1 heterocycles. The molecule has 0 saturated carbocycles. The fourth-order valence-corrected chi connectivity index (χ4v) is 2.07. The molecular weight excluding hydrogens is 212 g/mol. The van der Waals surface area contributed by atoms with E-state index in [9.17, 15) is 4.79 Å². The lowest BCUT2D eigenvalue weighted by Gasteiger charge is -2.03. The third kappa shape index (κ3) is 8.80. The van der Waals surface area contributed by atoms with Crippen LogP contribution in [0.25, 0.3) is 0 Å². The van der Waals surface area contributed by atoms with Crippen molar-refractivity contribution in [2.24, 2.45) is 0 Å². The zero-order valence-electron chi connectivity index (χ0n) is 10.8. The minimum absolute atomic E-state index is 0.350. The molecule has 0 aromatic rings. The topological polar surface area (TPSA) is 26.3 Å². The minimum atomic E-state index is -0.350. The molecule has 96 valence electrons. The Morgan fingerprint density at radius 1 is 0.765 bits per heavy atom. The summed E-state index contributed by atoms with van der Waals surface area (Å²) in [6.07, 6.45) is 13.3. The molecule has 1 aliphatic heterocycles. The normalized spacial score (nSPS) is 21.1. The van der Waals surface area contributed by atoms with Gasteiger partial charge in [0.05, 0.1) is 6.61 Å². The highest BCUT2D eigenvalue weighted by atomic mass is 16.5. The van der Waals surface area contributed by atoms with Crippen LogP contribution in [0, 0.1) is 11.8 Å². The van der Waals surface area contributed by atoms with Crippen molar-refractivity contribution in [1.29, 1.82) is 0 Å². The summed E-state index contributed by atoms with van der Waals surface area (Å²) in [6.45, 7) is 0.535. The van der Waals surface area contributed by atoms with E-state index in [-0.39, 0.29) is 5.97 Å². The zero-order chi connectivity index (χ0) is 12.2. The smallest absolute Gasteiger partial charge is 0.384 e. The average molecular weight is 236 g/mol. The number of carbonyl (C=O) groups is 1. The van der Waals surface area contributed by atoms with Crippen molar-refractivity contribution >= 4 is 5.97 Å². The Balaban J connectivity index is 2.23. The molecule has 0 aliphatic carbocycles. The second-order valence-corrected chi connectivity index (χ2v) is 4.72. The predicted molar refractivity (Wildman–Crippen MR) is 69.5 cm³/mol. The summed E-state index contributed by atoms with van der Waals surface area (Å²) in [4.78, 5) is 11.2. The number of esters is 1. The van der Waals surface area contributed by atoms with Crippen molar-refractivity contribution in [2.75, 3.05) is 6.61 Å². The van der Waals surface area contributed by atoms with E-state index in [0.717, 1.165) is 19.3 Å². The minimum Gasteiger partial charge on any atom is -0.456 e. The standard InChI is InChI=1S/C15H24O2/c16-15-13-11-9-7-5-3-1-2-4-6-8-10-12-14-17-15/h1-10,12,14H2. The molecule has 0 spiro atoms. The number of hydrogen-bond acceptors (Lipinski definition) is 2. The van der Waals surface area contributed by atoms with Gasteiger partial charge in [0, 0.05) is 12.3 Å². The van der Waals surface area contributed by atoms with Gasteiger partial charge in [-0.05, 0) is 12.8 Å². The van der Waals surface area contributed by atoms with Crippen molar-refractivity contribution in [3.05, 3.63) is 0 Å². The molecule has 0 unspecified atom stereocenters. The third-order valence-electron chi connectivity index (χ3n) is 3.12. The summed E-state index contributed by atoms with van der Waals surface area (Å²) in [5, 5.41) is 0. The van der Waals surface area contributed by atoms with Gasteiger partial charge in [0.15, 0.2) is 0 Å². The van der Waals surface area contributed by atoms with Crippen LogP contribution in [0.2, 0.25) is 0 Å². The maximum Gasteiger partial charge on any atom is 0.384 e. The zero-order valence-corrected chi connectivity index (χ0v) is 10.8. The van der Waals surface area contributed by atoms with Crippen LogP contribution in [0.15, 0.2) is 0 Å². The molecule has 0 saturated heterocycles. The first-order valence-electron chi connectivity index (χ1n) is 7.05. The molecule has 0 amide bonds. The monoisotopic (exact) mass is 236 g/mol. The van der Waals surface area contributed by atoms with E-state index in [1.54, 1.807) is 0 Å². The summed E-state index contributed by atoms with van der Waals surface area (Å²) in [5.41, 5.74) is 0.